The van der Waals surface area contributed by atoms with Crippen molar-refractivity contribution < 1.29 is 18.7 Å². The summed E-state index contributed by atoms with van der Waals surface area (Å²) in [5, 5.41) is 9.76. The van der Waals surface area contributed by atoms with Gasteiger partial charge in [-0.1, -0.05) is 52.5 Å². The molecule has 1 heterocycles. The van der Waals surface area contributed by atoms with E-state index in [4.69, 9.17) is 10.8 Å². The minimum atomic E-state index is -0.575. The van der Waals surface area contributed by atoms with E-state index in [9.17, 15) is 13.6 Å². The topological polar surface area (TPSA) is 82.7 Å². The molecule has 0 radical (unpaired) electrons. The van der Waals surface area contributed by atoms with Crippen molar-refractivity contribution in [1.82, 2.24) is 14.8 Å². The molecule has 0 aliphatic rings. The average molecular weight is 595 g/mol. The maximum atomic E-state index is 13.4. The second-order valence-corrected chi connectivity index (χ2v) is 10.0. The Labute approximate surface area is 255 Å². The lowest BCUT2D eigenvalue weighted by Crippen LogP contribution is -2.39. The number of hydrogen-bond donors (Lipinski definition) is 2. The highest BCUT2D eigenvalue weighted by molar-refractivity contribution is 5.94. The highest BCUT2D eigenvalue weighted by atomic mass is 19.1. The zero-order chi connectivity index (χ0) is 32.2. The van der Waals surface area contributed by atoms with Crippen molar-refractivity contribution in [2.75, 3.05) is 38.5 Å². The monoisotopic (exact) mass is 594 g/mol. The minimum Gasteiger partial charge on any atom is -0.399 e. The fourth-order valence-corrected chi connectivity index (χ4v) is 3.93. The van der Waals surface area contributed by atoms with Gasteiger partial charge in [0.25, 0.3) is 5.91 Å². The van der Waals surface area contributed by atoms with E-state index in [1.54, 1.807) is 36.5 Å². The van der Waals surface area contributed by atoms with Crippen LogP contribution in [0.25, 0.3) is 12.2 Å². The van der Waals surface area contributed by atoms with Gasteiger partial charge in [-0.3, -0.25) is 14.7 Å². The van der Waals surface area contributed by atoms with Gasteiger partial charge in [-0.05, 0) is 85.1 Å². The Morgan fingerprint density at radius 2 is 1.63 bits per heavy atom. The molecule has 8 heteroatoms. The molecule has 3 N–H and O–H groups in total. The number of likely N-dealkylation sites (N-methyl/N-ethyl adjacent to an activating group) is 1. The maximum Gasteiger partial charge on any atom is 0.253 e. The van der Waals surface area contributed by atoms with Crippen molar-refractivity contribution in [2.45, 2.75) is 53.5 Å². The predicted octanol–water partition coefficient (Wildman–Crippen LogP) is 5.55. The van der Waals surface area contributed by atoms with Crippen LogP contribution >= 0.6 is 0 Å². The third-order valence-electron chi connectivity index (χ3n) is 6.48. The first-order valence-corrected chi connectivity index (χ1v) is 14.8. The van der Waals surface area contributed by atoms with E-state index in [2.05, 4.69) is 30.0 Å². The first-order chi connectivity index (χ1) is 20.6. The number of pyridine rings is 1. The van der Waals surface area contributed by atoms with Crippen LogP contribution in [0.3, 0.4) is 0 Å². The van der Waals surface area contributed by atoms with E-state index in [0.29, 0.717) is 49.6 Å². The van der Waals surface area contributed by atoms with Crippen LogP contribution in [0, 0.1) is 11.6 Å². The molecule has 43 heavy (non-hydrogen) atoms. The summed E-state index contributed by atoms with van der Waals surface area (Å²) in [6.07, 6.45) is 6.33. The molecule has 6 nitrogen and oxygen atoms in total. The number of amides is 1. The molecule has 1 amide bonds. The lowest BCUT2D eigenvalue weighted by Gasteiger charge is -2.27. The second kappa shape index (κ2) is 20.9. The van der Waals surface area contributed by atoms with E-state index in [1.807, 2.05) is 37.8 Å². The van der Waals surface area contributed by atoms with Gasteiger partial charge in [-0.15, -0.1) is 0 Å². The van der Waals surface area contributed by atoms with Crippen molar-refractivity contribution in [3.63, 3.8) is 0 Å². The van der Waals surface area contributed by atoms with E-state index in [0.717, 1.165) is 48.0 Å². The van der Waals surface area contributed by atoms with Crippen LogP contribution in [0.1, 0.15) is 62.9 Å². The van der Waals surface area contributed by atoms with Crippen LogP contribution < -0.4 is 16.3 Å². The largest absolute Gasteiger partial charge is 0.399 e. The van der Waals surface area contributed by atoms with Gasteiger partial charge in [0.05, 0.1) is 5.35 Å². The van der Waals surface area contributed by atoms with Crippen molar-refractivity contribution >= 4 is 23.7 Å². The lowest BCUT2D eigenvalue weighted by molar-refractivity contribution is 0.0732. The van der Waals surface area contributed by atoms with Gasteiger partial charge >= 0.3 is 0 Å². The zero-order valence-corrected chi connectivity index (χ0v) is 26.2. The van der Waals surface area contributed by atoms with Crippen molar-refractivity contribution in [1.29, 1.82) is 0 Å². The highest BCUT2D eigenvalue weighted by Gasteiger charge is 2.17. The number of carbonyl (C=O) groups excluding carboxylic acids is 1. The molecule has 0 unspecified atom stereocenters. The Balaban J connectivity index is 0.000000506. The van der Waals surface area contributed by atoms with Gasteiger partial charge < -0.3 is 15.7 Å². The summed E-state index contributed by atoms with van der Waals surface area (Å²) in [5.41, 5.74) is 8.59. The molecule has 0 bridgehead atoms. The Kier molecular flexibility index (Phi) is 18.1. The van der Waals surface area contributed by atoms with Crippen LogP contribution in [0.2, 0.25) is 0 Å². The second-order valence-electron chi connectivity index (χ2n) is 10.0. The number of aromatic nitrogens is 1. The van der Waals surface area contributed by atoms with Gasteiger partial charge in [-0.2, -0.15) is 0 Å². The quantitative estimate of drug-likeness (QED) is 0.269. The Bertz CT molecular complexity index is 1340. The number of nitrogen functional groups attached to an aromatic ring is 1. The van der Waals surface area contributed by atoms with Gasteiger partial charge in [-0.25, -0.2) is 8.78 Å². The molecule has 234 valence electrons. The normalized spacial score (nSPS) is 11.1. The summed E-state index contributed by atoms with van der Waals surface area (Å²) in [6.45, 7) is 18.8. The number of nitrogens with zero attached hydrogens (tertiary/aromatic N) is 3. The molecular formula is C35H48F2N4O2. The Morgan fingerprint density at radius 3 is 2.14 bits per heavy atom. The van der Waals surface area contributed by atoms with Crippen LogP contribution in [0.15, 0.2) is 73.4 Å². The number of carbonyl (C=O) groups is 1. The molecule has 2 aromatic carbocycles. The van der Waals surface area contributed by atoms with Crippen molar-refractivity contribution in [2.24, 2.45) is 0 Å². The molecule has 0 atom stereocenters. The molecule has 0 spiro atoms. The number of benzene rings is 2. The van der Waals surface area contributed by atoms with Gasteiger partial charge in [0.1, 0.15) is 11.6 Å². The average Bonchev–Trinajstić information content (AvgIpc) is 3.00. The highest BCUT2D eigenvalue weighted by Crippen LogP contribution is 2.13. The number of anilines is 1. The van der Waals surface area contributed by atoms with E-state index in [-0.39, 0.29) is 5.91 Å². The number of allylic oxidation sites excluding steroid dienone is 1. The summed E-state index contributed by atoms with van der Waals surface area (Å²) in [5.74, 6) is -1.18. The predicted molar refractivity (Wildman–Crippen MR) is 175 cm³/mol. The van der Waals surface area contributed by atoms with Crippen LogP contribution in [-0.4, -0.2) is 58.6 Å². The molecular weight excluding hydrogens is 546 g/mol. The van der Waals surface area contributed by atoms with Crippen LogP contribution in [0.4, 0.5) is 14.5 Å². The van der Waals surface area contributed by atoms with Gasteiger partial charge in [0.15, 0.2) is 0 Å². The number of aliphatic hydroxyl groups excluding tert-OH is 1. The Morgan fingerprint density at radius 1 is 1.00 bits per heavy atom. The third-order valence-corrected chi connectivity index (χ3v) is 6.48. The number of rotatable bonds is 12. The molecule has 3 rings (SSSR count). The smallest absolute Gasteiger partial charge is 0.253 e. The minimum absolute atomic E-state index is 0.0266. The third kappa shape index (κ3) is 14.2. The number of nitrogens with two attached hydrogens (primary N) is 1. The van der Waals surface area contributed by atoms with E-state index in [1.165, 1.54) is 12.1 Å². The van der Waals surface area contributed by atoms with Crippen molar-refractivity contribution in [3.8, 4) is 0 Å². The van der Waals surface area contributed by atoms with Gasteiger partial charge in [0.2, 0.25) is 0 Å². The standard InChI is InChI=1S/C22H29F2N3O.C10H11N.C3H8O/c1-3-5-10-27(22(28)18-6-8-21(25)9-7-18)12-11-26(4-2)16-17-13-19(23)15-20(24)14-17;1-4-8(2)10-9(3)6-5-7-11-10;1-2-3-4/h6-9,13-15H,3-5,10-12,16,25H2,1-2H3;4-7H,1,3H2,2H3;4H,2-3H2,1H3/b;10-8+;. The first kappa shape index (κ1) is 37.1. The summed E-state index contributed by atoms with van der Waals surface area (Å²) < 4.78 is 26.9. The van der Waals surface area contributed by atoms with Crippen molar-refractivity contribution in [3.05, 3.63) is 107 Å². The summed E-state index contributed by atoms with van der Waals surface area (Å²) >= 11 is 0. The maximum absolute atomic E-state index is 13.4. The molecule has 0 aliphatic carbocycles. The molecule has 3 aromatic rings. The van der Waals surface area contributed by atoms with Crippen LogP contribution in [-0.2, 0) is 6.54 Å². The lowest BCUT2D eigenvalue weighted by atomic mass is 10.1. The summed E-state index contributed by atoms with van der Waals surface area (Å²) in [6, 6.07) is 14.3. The fraction of sp³-hybridized carbons (Fsp3) is 0.371. The molecule has 0 saturated heterocycles. The van der Waals surface area contributed by atoms with E-state index < -0.39 is 11.6 Å². The molecule has 0 saturated carbocycles. The van der Waals surface area contributed by atoms with Crippen LogP contribution in [0.5, 0.6) is 0 Å². The molecule has 0 fully saturated rings. The van der Waals surface area contributed by atoms with Gasteiger partial charge in [0, 0.05) is 56.3 Å². The first-order valence-electron chi connectivity index (χ1n) is 14.8. The number of aliphatic hydroxyl groups is 1. The number of halogens is 2. The number of unbranched alkanes of at least 4 members (excludes halogenated alkanes) is 1. The molecule has 1 aromatic heterocycles. The zero-order valence-electron chi connectivity index (χ0n) is 26.2. The SMILES string of the molecule is C=C/C(C)=c1/ncccc1=C.CCCCN(CCN(CC)Cc1cc(F)cc(F)c1)C(=O)c1ccc(N)cc1.CCCO. The van der Waals surface area contributed by atoms with E-state index >= 15 is 0 Å². The molecule has 0 aliphatic heterocycles. The summed E-state index contributed by atoms with van der Waals surface area (Å²) in [4.78, 5) is 21.0. The Hall–Kier alpha value is -3.88. The number of hydrogen-bond acceptors (Lipinski definition) is 5. The fourth-order valence-electron chi connectivity index (χ4n) is 3.93. The summed E-state index contributed by atoms with van der Waals surface area (Å²) in [7, 11) is 0.